The molecule has 0 aliphatic rings. The molecule has 2 aromatic heterocycles. The largest absolute Gasteiger partial charge is 0.307 e. The van der Waals surface area contributed by atoms with Crippen molar-refractivity contribution in [3.63, 3.8) is 0 Å². The highest BCUT2D eigenvalue weighted by Gasteiger charge is 2.10. The molecular formula is C15H11BrClN3OS. The van der Waals surface area contributed by atoms with Gasteiger partial charge in [-0.3, -0.25) is 4.79 Å². The molecule has 22 heavy (non-hydrogen) atoms. The van der Waals surface area contributed by atoms with Gasteiger partial charge in [-0.15, -0.1) is 11.3 Å². The summed E-state index contributed by atoms with van der Waals surface area (Å²) in [6.45, 7) is 0.611. The van der Waals surface area contributed by atoms with E-state index in [4.69, 9.17) is 11.6 Å². The molecule has 3 aromatic rings. The molecule has 0 saturated heterocycles. The molecule has 1 N–H and O–H groups in total. The lowest BCUT2D eigenvalue weighted by molar-refractivity contribution is 0.102. The van der Waals surface area contributed by atoms with E-state index in [2.05, 4.69) is 26.3 Å². The first-order valence-electron chi connectivity index (χ1n) is 6.43. The van der Waals surface area contributed by atoms with Crippen LogP contribution >= 0.6 is 38.9 Å². The van der Waals surface area contributed by atoms with E-state index in [0.717, 1.165) is 9.35 Å². The highest BCUT2D eigenvalue weighted by molar-refractivity contribution is 9.10. The van der Waals surface area contributed by atoms with Crippen LogP contribution in [0.5, 0.6) is 0 Å². The number of halogens is 2. The van der Waals surface area contributed by atoms with Gasteiger partial charge < -0.3 is 5.32 Å². The summed E-state index contributed by atoms with van der Waals surface area (Å²) in [5, 5.41) is 9.74. The van der Waals surface area contributed by atoms with Crippen LogP contribution in [0.25, 0.3) is 0 Å². The van der Waals surface area contributed by atoms with Gasteiger partial charge >= 0.3 is 0 Å². The number of anilines is 1. The van der Waals surface area contributed by atoms with E-state index in [9.17, 15) is 4.79 Å². The highest BCUT2D eigenvalue weighted by Crippen LogP contribution is 2.22. The van der Waals surface area contributed by atoms with Gasteiger partial charge in [-0.1, -0.05) is 11.6 Å². The van der Waals surface area contributed by atoms with E-state index < -0.39 is 0 Å². The Bertz CT molecular complexity index is 797. The first-order valence-corrected chi connectivity index (χ1v) is 8.48. The van der Waals surface area contributed by atoms with Crippen molar-refractivity contribution in [3.05, 3.63) is 67.9 Å². The predicted molar refractivity (Wildman–Crippen MR) is 92.8 cm³/mol. The maximum Gasteiger partial charge on any atom is 0.256 e. The fraction of sp³-hybridized carbons (Fsp3) is 0.0667. The lowest BCUT2D eigenvalue weighted by Crippen LogP contribution is -2.15. The summed E-state index contributed by atoms with van der Waals surface area (Å²) in [6, 6.07) is 10.6. The lowest BCUT2D eigenvalue weighted by atomic mass is 10.2. The first kappa shape index (κ1) is 15.3. The van der Waals surface area contributed by atoms with Crippen LogP contribution in [0.1, 0.15) is 15.2 Å². The Labute approximate surface area is 144 Å². The number of benzene rings is 1. The van der Waals surface area contributed by atoms with Gasteiger partial charge in [0.05, 0.1) is 12.7 Å². The minimum atomic E-state index is -0.189. The van der Waals surface area contributed by atoms with E-state index >= 15 is 0 Å². The summed E-state index contributed by atoms with van der Waals surface area (Å²) in [4.78, 5) is 13.4. The Morgan fingerprint density at radius 3 is 2.77 bits per heavy atom. The molecule has 112 valence electrons. The monoisotopic (exact) mass is 395 g/mol. The number of rotatable bonds is 4. The summed E-state index contributed by atoms with van der Waals surface area (Å²) in [5.74, 6) is 0.468. The molecule has 0 radical (unpaired) electrons. The molecule has 0 fully saturated rings. The second kappa shape index (κ2) is 6.64. The van der Waals surface area contributed by atoms with E-state index in [1.54, 1.807) is 52.5 Å². The summed E-state index contributed by atoms with van der Waals surface area (Å²) in [6.07, 6.45) is 1.67. The van der Waals surface area contributed by atoms with Crippen molar-refractivity contribution >= 4 is 50.6 Å². The zero-order valence-corrected chi connectivity index (χ0v) is 14.5. The van der Waals surface area contributed by atoms with Crippen LogP contribution in [0, 0.1) is 0 Å². The number of hydrogen-bond acceptors (Lipinski definition) is 3. The normalized spacial score (nSPS) is 10.6. The van der Waals surface area contributed by atoms with Gasteiger partial charge in [-0.2, -0.15) is 5.10 Å². The maximum atomic E-state index is 12.2. The number of nitrogens with one attached hydrogen (secondary N) is 1. The lowest BCUT2D eigenvalue weighted by Gasteiger charge is -2.08. The number of carbonyl (C=O) groups is 1. The van der Waals surface area contributed by atoms with Crippen molar-refractivity contribution < 1.29 is 4.79 Å². The standard InChI is InChI=1S/C15H11BrClN3OS/c16-11-7-13(22-9-11)8-20-14(5-6-18-20)19-15(21)10-1-3-12(17)4-2-10/h1-7,9H,8H2,(H,19,21). The fourth-order valence-corrected chi connectivity index (χ4v) is 3.50. The summed E-state index contributed by atoms with van der Waals surface area (Å²) in [5.41, 5.74) is 0.552. The Balaban J connectivity index is 1.74. The van der Waals surface area contributed by atoms with E-state index in [1.165, 1.54) is 0 Å². The second-order valence-corrected chi connectivity index (χ2v) is 6.91. The van der Waals surface area contributed by atoms with Crippen LogP contribution in [-0.2, 0) is 6.54 Å². The van der Waals surface area contributed by atoms with Crippen LogP contribution in [0.15, 0.2) is 52.4 Å². The van der Waals surface area contributed by atoms with E-state index in [-0.39, 0.29) is 5.91 Å². The van der Waals surface area contributed by atoms with Crippen LogP contribution in [0.4, 0.5) is 5.82 Å². The molecular weight excluding hydrogens is 386 g/mol. The topological polar surface area (TPSA) is 46.9 Å². The molecule has 0 unspecified atom stereocenters. The smallest absolute Gasteiger partial charge is 0.256 e. The number of thiophene rings is 1. The van der Waals surface area contributed by atoms with Crippen molar-refractivity contribution in [2.45, 2.75) is 6.54 Å². The summed E-state index contributed by atoms with van der Waals surface area (Å²) < 4.78 is 2.80. The molecule has 3 rings (SSSR count). The van der Waals surface area contributed by atoms with Crippen LogP contribution < -0.4 is 5.32 Å². The number of nitrogens with zero attached hydrogens (tertiary/aromatic N) is 2. The Morgan fingerprint density at radius 1 is 1.32 bits per heavy atom. The van der Waals surface area contributed by atoms with Crippen LogP contribution in [0.2, 0.25) is 5.02 Å². The zero-order valence-electron chi connectivity index (χ0n) is 11.3. The molecule has 2 heterocycles. The Kier molecular flexibility index (Phi) is 4.61. The van der Waals surface area contributed by atoms with Gasteiger partial charge in [0.1, 0.15) is 5.82 Å². The summed E-state index contributed by atoms with van der Waals surface area (Å²) in [7, 11) is 0. The maximum absolute atomic E-state index is 12.2. The van der Waals surface area contributed by atoms with Crippen molar-refractivity contribution in [3.8, 4) is 0 Å². The van der Waals surface area contributed by atoms with Gasteiger partial charge in [-0.25, -0.2) is 4.68 Å². The third-order valence-corrected chi connectivity index (χ3v) is 4.93. The average molecular weight is 397 g/mol. The number of aromatic nitrogens is 2. The Morgan fingerprint density at radius 2 is 2.09 bits per heavy atom. The van der Waals surface area contributed by atoms with E-state index in [0.29, 0.717) is 22.9 Å². The molecule has 1 aromatic carbocycles. The van der Waals surface area contributed by atoms with E-state index in [1.807, 2.05) is 11.4 Å². The third-order valence-electron chi connectivity index (χ3n) is 2.99. The number of amides is 1. The van der Waals surface area contributed by atoms with Gasteiger partial charge in [0, 0.05) is 31.4 Å². The first-order chi connectivity index (χ1) is 10.6. The van der Waals surface area contributed by atoms with Gasteiger partial charge in [0.15, 0.2) is 0 Å². The van der Waals surface area contributed by atoms with Gasteiger partial charge in [-0.05, 0) is 46.3 Å². The molecule has 4 nitrogen and oxygen atoms in total. The third kappa shape index (κ3) is 3.58. The van der Waals surface area contributed by atoms with Crippen molar-refractivity contribution in [1.82, 2.24) is 9.78 Å². The van der Waals surface area contributed by atoms with Crippen LogP contribution in [0.3, 0.4) is 0 Å². The van der Waals surface area contributed by atoms with Crippen molar-refractivity contribution in [1.29, 1.82) is 0 Å². The van der Waals surface area contributed by atoms with Gasteiger partial charge in [0.2, 0.25) is 0 Å². The fourth-order valence-electron chi connectivity index (χ4n) is 1.94. The Hall–Kier alpha value is -1.63. The van der Waals surface area contributed by atoms with Crippen molar-refractivity contribution in [2.75, 3.05) is 5.32 Å². The summed E-state index contributed by atoms with van der Waals surface area (Å²) >= 11 is 10.9. The molecule has 0 atom stereocenters. The van der Waals surface area contributed by atoms with Crippen LogP contribution in [-0.4, -0.2) is 15.7 Å². The molecule has 0 saturated carbocycles. The minimum Gasteiger partial charge on any atom is -0.307 e. The SMILES string of the molecule is O=C(Nc1ccnn1Cc1cc(Br)cs1)c1ccc(Cl)cc1. The average Bonchev–Trinajstić information content (AvgIpc) is 3.10. The number of carbonyl (C=O) groups excluding carboxylic acids is 1. The minimum absolute atomic E-state index is 0.189. The molecule has 7 heteroatoms. The second-order valence-electron chi connectivity index (χ2n) is 4.57. The molecule has 0 aliphatic carbocycles. The quantitative estimate of drug-likeness (QED) is 0.697. The van der Waals surface area contributed by atoms with Gasteiger partial charge in [0.25, 0.3) is 5.91 Å². The molecule has 0 bridgehead atoms. The molecule has 0 aliphatic heterocycles. The van der Waals surface area contributed by atoms with Crippen molar-refractivity contribution in [2.24, 2.45) is 0 Å². The molecule has 1 amide bonds. The predicted octanol–water partition coefficient (Wildman–Crippen LogP) is 4.66. The zero-order chi connectivity index (χ0) is 15.5. The molecule has 0 spiro atoms. The highest BCUT2D eigenvalue weighted by atomic mass is 79.9. The number of hydrogen-bond donors (Lipinski definition) is 1.